The van der Waals surface area contributed by atoms with Crippen molar-refractivity contribution in [1.29, 1.82) is 0 Å². The number of anilines is 2. The molecular weight excluding hydrogens is 432 g/mol. The number of aromatic nitrogens is 1. The molecule has 2 atom stereocenters. The molecule has 34 heavy (non-hydrogen) atoms. The predicted octanol–water partition coefficient (Wildman–Crippen LogP) is 3.20. The van der Waals surface area contributed by atoms with Crippen LogP contribution < -0.4 is 10.6 Å². The van der Waals surface area contributed by atoms with Crippen molar-refractivity contribution in [2.75, 3.05) is 23.7 Å². The normalized spacial score (nSPS) is 22.4. The summed E-state index contributed by atoms with van der Waals surface area (Å²) < 4.78 is 5.43. The van der Waals surface area contributed by atoms with Crippen LogP contribution >= 0.6 is 0 Å². The number of rotatable bonds is 4. The lowest BCUT2D eigenvalue weighted by Gasteiger charge is -2.20. The maximum absolute atomic E-state index is 12.9. The first kappa shape index (κ1) is 20.4. The number of hydrogen-bond acceptors (Lipinski definition) is 5. The first-order chi connectivity index (χ1) is 16.5. The Morgan fingerprint density at radius 3 is 2.76 bits per heavy atom. The molecule has 2 N–H and O–H groups in total. The number of nitrogens with one attached hydrogen (secondary N) is 2. The molecule has 0 saturated carbocycles. The first-order valence-corrected chi connectivity index (χ1v) is 11.2. The molecular formula is C26H22N4O4. The van der Waals surface area contributed by atoms with E-state index < -0.39 is 11.5 Å². The Hall–Kier alpha value is -4.20. The summed E-state index contributed by atoms with van der Waals surface area (Å²) >= 11 is 0. The number of hydrogen-bond donors (Lipinski definition) is 2. The van der Waals surface area contributed by atoms with Crippen LogP contribution in [0, 0.1) is 0 Å². The van der Waals surface area contributed by atoms with Crippen LogP contribution in [0.2, 0.25) is 0 Å². The zero-order chi connectivity index (χ0) is 23.3. The van der Waals surface area contributed by atoms with Gasteiger partial charge in [-0.05, 0) is 47.7 Å². The van der Waals surface area contributed by atoms with Crippen LogP contribution in [-0.2, 0) is 32.6 Å². The lowest BCUT2D eigenvalue weighted by Crippen LogP contribution is -2.35. The fourth-order valence-corrected chi connectivity index (χ4v) is 5.20. The Morgan fingerprint density at radius 2 is 1.91 bits per heavy atom. The summed E-state index contributed by atoms with van der Waals surface area (Å²) in [5, 5.41) is 5.78. The predicted molar refractivity (Wildman–Crippen MR) is 124 cm³/mol. The molecule has 1 saturated heterocycles. The van der Waals surface area contributed by atoms with Gasteiger partial charge in [0.1, 0.15) is 18.5 Å². The number of benzene rings is 2. The molecule has 1 unspecified atom stereocenters. The largest absolute Gasteiger partial charge is 0.439 e. The van der Waals surface area contributed by atoms with E-state index in [1.165, 1.54) is 4.90 Å². The molecule has 170 valence electrons. The van der Waals surface area contributed by atoms with Gasteiger partial charge in [0.15, 0.2) is 0 Å². The Balaban J connectivity index is 1.14. The average molecular weight is 454 g/mol. The summed E-state index contributed by atoms with van der Waals surface area (Å²) in [6.07, 6.45) is 1.94. The second-order valence-corrected chi connectivity index (χ2v) is 8.98. The van der Waals surface area contributed by atoms with Crippen LogP contribution in [0.15, 0.2) is 66.9 Å². The lowest BCUT2D eigenvalue weighted by atomic mass is 9.79. The number of nitrogens with zero attached hydrogens (tertiary/aromatic N) is 2. The minimum Gasteiger partial charge on any atom is -0.439 e. The van der Waals surface area contributed by atoms with Crippen molar-refractivity contribution >= 4 is 29.4 Å². The van der Waals surface area contributed by atoms with E-state index in [4.69, 9.17) is 4.74 Å². The Morgan fingerprint density at radius 1 is 1.09 bits per heavy atom. The van der Waals surface area contributed by atoms with Gasteiger partial charge in [-0.1, -0.05) is 42.5 Å². The van der Waals surface area contributed by atoms with Crippen LogP contribution in [0.1, 0.15) is 28.4 Å². The number of amides is 3. The van der Waals surface area contributed by atoms with E-state index in [2.05, 4.69) is 15.6 Å². The Kier molecular flexibility index (Phi) is 4.62. The molecule has 6 rings (SSSR count). The summed E-state index contributed by atoms with van der Waals surface area (Å²) in [5.41, 5.74) is 3.91. The van der Waals surface area contributed by atoms with Gasteiger partial charge in [-0.25, -0.2) is 9.78 Å². The van der Waals surface area contributed by atoms with Crippen molar-refractivity contribution in [1.82, 2.24) is 9.88 Å². The number of cyclic esters (lactones) is 1. The SMILES string of the molecule is O=C(CN1C[C@H](c2ccccc2)OC1=O)Nc1ccc2c(c1)CC1(C2)C(=O)Nc2ncccc21. The lowest BCUT2D eigenvalue weighted by molar-refractivity contribution is -0.120. The van der Waals surface area contributed by atoms with Crippen molar-refractivity contribution in [3.8, 4) is 0 Å². The van der Waals surface area contributed by atoms with Crippen molar-refractivity contribution in [2.45, 2.75) is 24.4 Å². The zero-order valence-electron chi connectivity index (χ0n) is 18.3. The smallest absolute Gasteiger partial charge is 0.411 e. The van der Waals surface area contributed by atoms with Crippen LogP contribution in [0.25, 0.3) is 0 Å². The molecule has 2 aromatic carbocycles. The summed E-state index contributed by atoms with van der Waals surface area (Å²) in [5.74, 6) is 0.287. The van der Waals surface area contributed by atoms with Crippen LogP contribution in [0.3, 0.4) is 0 Å². The van der Waals surface area contributed by atoms with E-state index in [1.54, 1.807) is 6.20 Å². The second-order valence-electron chi connectivity index (χ2n) is 8.98. The van der Waals surface area contributed by atoms with E-state index in [-0.39, 0.29) is 24.5 Å². The van der Waals surface area contributed by atoms with Crippen LogP contribution in [0.4, 0.5) is 16.3 Å². The quantitative estimate of drug-likeness (QED) is 0.631. The summed E-state index contributed by atoms with van der Waals surface area (Å²) in [4.78, 5) is 43.5. The standard InChI is InChI=1S/C26H22N4O4/c31-22(15-30-14-21(34-25(30)33)16-5-2-1-3-6-16)28-19-9-8-17-12-26(13-18(17)11-19)20-7-4-10-27-23(20)29-24(26)32/h1-11,21H,12-15H2,(H,28,31)(H,27,29,32)/t21-,26?/m1/s1. The maximum atomic E-state index is 12.9. The van der Waals surface area contributed by atoms with Gasteiger partial charge in [-0.15, -0.1) is 0 Å². The highest BCUT2D eigenvalue weighted by Gasteiger charge is 2.51. The van der Waals surface area contributed by atoms with Crippen molar-refractivity contribution < 1.29 is 19.1 Å². The van der Waals surface area contributed by atoms with Crippen molar-refractivity contribution in [3.63, 3.8) is 0 Å². The molecule has 1 fully saturated rings. The van der Waals surface area contributed by atoms with Gasteiger partial charge in [0.05, 0.1) is 12.0 Å². The number of carbonyl (C=O) groups excluding carboxylic acids is 3. The Bertz CT molecular complexity index is 1330. The van der Waals surface area contributed by atoms with E-state index in [0.29, 0.717) is 30.9 Å². The maximum Gasteiger partial charge on any atom is 0.411 e. The minimum absolute atomic E-state index is 0.0384. The summed E-state index contributed by atoms with van der Waals surface area (Å²) in [6.45, 7) is 0.232. The van der Waals surface area contributed by atoms with Crippen LogP contribution in [0.5, 0.6) is 0 Å². The topological polar surface area (TPSA) is 101 Å². The molecule has 1 aliphatic carbocycles. The average Bonchev–Trinajstić information content (AvgIpc) is 3.48. The molecule has 8 nitrogen and oxygen atoms in total. The van der Waals surface area contributed by atoms with E-state index in [9.17, 15) is 14.4 Å². The molecule has 1 spiro atoms. The molecule has 3 aromatic rings. The number of ether oxygens (including phenoxy) is 1. The zero-order valence-corrected chi connectivity index (χ0v) is 18.3. The van der Waals surface area contributed by atoms with Gasteiger partial charge in [0, 0.05) is 17.4 Å². The third-order valence-electron chi connectivity index (χ3n) is 6.86. The van der Waals surface area contributed by atoms with E-state index in [1.807, 2.05) is 60.7 Å². The Labute approximate surface area is 195 Å². The molecule has 3 heterocycles. The highest BCUT2D eigenvalue weighted by molar-refractivity contribution is 6.06. The van der Waals surface area contributed by atoms with Crippen LogP contribution in [-0.4, -0.2) is 40.9 Å². The van der Waals surface area contributed by atoms with Gasteiger partial charge < -0.3 is 15.4 Å². The molecule has 8 heteroatoms. The molecule has 3 amide bonds. The second kappa shape index (κ2) is 7.69. The van der Waals surface area contributed by atoms with E-state index in [0.717, 1.165) is 22.3 Å². The summed E-state index contributed by atoms with van der Waals surface area (Å²) in [7, 11) is 0. The third-order valence-corrected chi connectivity index (χ3v) is 6.86. The number of pyridine rings is 1. The fourth-order valence-electron chi connectivity index (χ4n) is 5.20. The van der Waals surface area contributed by atoms with E-state index >= 15 is 0 Å². The monoisotopic (exact) mass is 454 g/mol. The fraction of sp³-hybridized carbons (Fsp3) is 0.231. The van der Waals surface area contributed by atoms with Crippen molar-refractivity contribution in [2.24, 2.45) is 0 Å². The van der Waals surface area contributed by atoms with Gasteiger partial charge in [0.2, 0.25) is 11.8 Å². The highest BCUT2D eigenvalue weighted by atomic mass is 16.6. The van der Waals surface area contributed by atoms with Gasteiger partial charge in [-0.2, -0.15) is 0 Å². The summed E-state index contributed by atoms with van der Waals surface area (Å²) in [6, 6.07) is 19.0. The molecule has 0 bridgehead atoms. The minimum atomic E-state index is -0.652. The third kappa shape index (κ3) is 3.30. The highest BCUT2D eigenvalue weighted by Crippen LogP contribution is 2.46. The molecule has 3 aliphatic rings. The molecule has 0 radical (unpaired) electrons. The molecule has 2 aliphatic heterocycles. The van der Waals surface area contributed by atoms with Gasteiger partial charge in [0.25, 0.3) is 0 Å². The molecule has 1 aromatic heterocycles. The number of carbonyl (C=O) groups is 3. The first-order valence-electron chi connectivity index (χ1n) is 11.2. The van der Waals surface area contributed by atoms with Gasteiger partial charge in [-0.3, -0.25) is 14.5 Å². The van der Waals surface area contributed by atoms with Crippen molar-refractivity contribution in [3.05, 3.63) is 89.1 Å². The van der Waals surface area contributed by atoms with Gasteiger partial charge >= 0.3 is 6.09 Å². The number of fused-ring (bicyclic) bond motifs is 3.